The van der Waals surface area contributed by atoms with Crippen LogP contribution < -0.4 is 14.8 Å². The fourth-order valence-electron chi connectivity index (χ4n) is 2.01. The van der Waals surface area contributed by atoms with E-state index in [1.165, 1.54) is 6.07 Å². The highest BCUT2D eigenvalue weighted by molar-refractivity contribution is 7.91. The van der Waals surface area contributed by atoms with E-state index in [1.54, 1.807) is 11.4 Å². The highest BCUT2D eigenvalue weighted by Gasteiger charge is 2.14. The first-order valence-corrected chi connectivity index (χ1v) is 9.90. The Morgan fingerprint density at radius 3 is 2.67 bits per heavy atom. The average Bonchev–Trinajstić information content (AvgIpc) is 3.12. The number of hydrogen-bond donors (Lipinski definition) is 2. The first kappa shape index (κ1) is 18.4. The first-order chi connectivity index (χ1) is 11.5. The molecule has 6 nitrogen and oxygen atoms in total. The van der Waals surface area contributed by atoms with E-state index >= 15 is 0 Å². The fraction of sp³-hybridized carbons (Fsp3) is 0.312. The van der Waals surface area contributed by atoms with Gasteiger partial charge in [0.1, 0.15) is 9.96 Å². The first-order valence-electron chi connectivity index (χ1n) is 7.53. The lowest BCUT2D eigenvalue weighted by Gasteiger charge is -2.10. The summed E-state index contributed by atoms with van der Waals surface area (Å²) >= 11 is 1.15. The number of carbonyl (C=O) groups excluding carboxylic acids is 1. The van der Waals surface area contributed by atoms with Crippen molar-refractivity contribution in [3.8, 4) is 5.75 Å². The predicted molar refractivity (Wildman–Crippen MR) is 93.8 cm³/mol. The molecule has 0 aliphatic heterocycles. The normalized spacial score (nSPS) is 11.2. The summed E-state index contributed by atoms with van der Waals surface area (Å²) in [5.41, 5.74) is 1.04. The van der Waals surface area contributed by atoms with Crippen LogP contribution in [-0.2, 0) is 21.2 Å². The number of para-hydroxylation sites is 1. The fourth-order valence-corrected chi connectivity index (χ4v) is 4.08. The minimum Gasteiger partial charge on any atom is -0.483 e. The molecular formula is C16H20N2O4S2. The minimum atomic E-state index is -3.49. The van der Waals surface area contributed by atoms with Crippen LogP contribution >= 0.6 is 11.3 Å². The number of carbonyl (C=O) groups is 1. The van der Waals surface area contributed by atoms with Crippen LogP contribution in [0.25, 0.3) is 0 Å². The number of rotatable bonds is 9. The number of hydrogen-bond acceptors (Lipinski definition) is 5. The zero-order valence-electron chi connectivity index (χ0n) is 13.3. The molecular weight excluding hydrogens is 348 g/mol. The zero-order chi connectivity index (χ0) is 17.4. The monoisotopic (exact) mass is 368 g/mol. The summed E-state index contributed by atoms with van der Waals surface area (Å²) in [4.78, 5) is 11.8. The standard InChI is InChI=1S/C16H20N2O4S2/c1-2-13-6-3-4-7-14(13)22-12-15(19)17-9-10-18-24(20,21)16-8-5-11-23-16/h3-8,11,18H,2,9-10,12H2,1H3,(H,17,19). The van der Waals surface area contributed by atoms with E-state index in [2.05, 4.69) is 10.0 Å². The van der Waals surface area contributed by atoms with E-state index in [-0.39, 0.29) is 29.8 Å². The van der Waals surface area contributed by atoms with Crippen molar-refractivity contribution in [3.05, 3.63) is 47.3 Å². The maximum Gasteiger partial charge on any atom is 0.257 e. The molecule has 0 atom stereocenters. The van der Waals surface area contributed by atoms with E-state index in [9.17, 15) is 13.2 Å². The van der Waals surface area contributed by atoms with Crippen LogP contribution in [0.5, 0.6) is 5.75 Å². The topological polar surface area (TPSA) is 84.5 Å². The molecule has 1 aromatic heterocycles. The Hall–Kier alpha value is -1.90. The molecule has 130 valence electrons. The lowest BCUT2D eigenvalue weighted by molar-refractivity contribution is -0.123. The number of amides is 1. The van der Waals surface area contributed by atoms with Crippen LogP contribution in [0.2, 0.25) is 0 Å². The molecule has 0 fully saturated rings. The molecule has 24 heavy (non-hydrogen) atoms. The van der Waals surface area contributed by atoms with Crippen molar-refractivity contribution in [3.63, 3.8) is 0 Å². The molecule has 0 bridgehead atoms. The molecule has 8 heteroatoms. The molecule has 0 saturated carbocycles. The van der Waals surface area contributed by atoms with Crippen LogP contribution in [0, 0.1) is 0 Å². The highest BCUT2D eigenvalue weighted by atomic mass is 32.2. The Balaban J connectivity index is 1.70. The number of sulfonamides is 1. The van der Waals surface area contributed by atoms with Crippen LogP contribution in [0.3, 0.4) is 0 Å². The van der Waals surface area contributed by atoms with Crippen molar-refractivity contribution in [2.75, 3.05) is 19.7 Å². The largest absolute Gasteiger partial charge is 0.483 e. The average molecular weight is 368 g/mol. The third-order valence-corrected chi connectivity index (χ3v) is 6.07. The van der Waals surface area contributed by atoms with Crippen molar-refractivity contribution in [2.45, 2.75) is 17.6 Å². The number of aryl methyl sites for hydroxylation is 1. The van der Waals surface area contributed by atoms with E-state index < -0.39 is 10.0 Å². The van der Waals surface area contributed by atoms with Gasteiger partial charge in [0.25, 0.3) is 5.91 Å². The predicted octanol–water partition coefficient (Wildman–Crippen LogP) is 1.78. The van der Waals surface area contributed by atoms with Crippen molar-refractivity contribution in [1.29, 1.82) is 0 Å². The summed E-state index contributed by atoms with van der Waals surface area (Å²) in [6, 6.07) is 10.8. The quantitative estimate of drug-likeness (QED) is 0.661. The van der Waals surface area contributed by atoms with Crippen LogP contribution in [0.4, 0.5) is 0 Å². The lowest BCUT2D eigenvalue weighted by atomic mass is 10.1. The molecule has 0 aliphatic rings. The van der Waals surface area contributed by atoms with E-state index in [0.29, 0.717) is 5.75 Å². The second kappa shape index (κ2) is 8.81. The third-order valence-electron chi connectivity index (χ3n) is 3.21. The SMILES string of the molecule is CCc1ccccc1OCC(=O)NCCNS(=O)(=O)c1cccs1. The molecule has 0 unspecified atom stereocenters. The Morgan fingerprint density at radius 2 is 1.96 bits per heavy atom. The number of benzene rings is 1. The van der Waals surface area contributed by atoms with Gasteiger partial charge in [-0.2, -0.15) is 0 Å². The summed E-state index contributed by atoms with van der Waals surface area (Å²) in [6.45, 7) is 2.23. The number of ether oxygens (including phenoxy) is 1. The lowest BCUT2D eigenvalue weighted by Crippen LogP contribution is -2.36. The molecule has 2 N–H and O–H groups in total. The third kappa shape index (κ3) is 5.33. The van der Waals surface area contributed by atoms with Gasteiger partial charge in [0.15, 0.2) is 6.61 Å². The summed E-state index contributed by atoms with van der Waals surface area (Å²) in [5, 5.41) is 4.32. The summed E-state index contributed by atoms with van der Waals surface area (Å²) in [6.07, 6.45) is 0.822. The number of thiophene rings is 1. The Labute approximate surface area is 145 Å². The summed E-state index contributed by atoms with van der Waals surface area (Å²) in [7, 11) is -3.49. The van der Waals surface area contributed by atoms with Crippen LogP contribution in [0.1, 0.15) is 12.5 Å². The Bertz CT molecular complexity index is 758. The zero-order valence-corrected chi connectivity index (χ0v) is 15.0. The minimum absolute atomic E-state index is 0.102. The van der Waals surface area contributed by atoms with Gasteiger partial charge in [0.05, 0.1) is 0 Å². The summed E-state index contributed by atoms with van der Waals surface area (Å²) < 4.78 is 32.0. The molecule has 0 spiro atoms. The van der Waals surface area contributed by atoms with Crippen molar-refractivity contribution < 1.29 is 17.9 Å². The number of nitrogens with one attached hydrogen (secondary N) is 2. The molecule has 0 radical (unpaired) electrons. The molecule has 1 aromatic carbocycles. The molecule has 0 aliphatic carbocycles. The second-order valence-electron chi connectivity index (χ2n) is 4.93. The van der Waals surface area contributed by atoms with Gasteiger partial charge in [-0.3, -0.25) is 4.79 Å². The molecule has 1 heterocycles. The second-order valence-corrected chi connectivity index (χ2v) is 7.87. The molecule has 0 saturated heterocycles. The van der Waals surface area contributed by atoms with Gasteiger partial charge in [-0.25, -0.2) is 13.1 Å². The van der Waals surface area contributed by atoms with Crippen molar-refractivity contribution in [1.82, 2.24) is 10.0 Å². The van der Waals surface area contributed by atoms with Gasteiger partial charge in [-0.1, -0.05) is 31.2 Å². The van der Waals surface area contributed by atoms with Crippen molar-refractivity contribution >= 4 is 27.3 Å². The van der Waals surface area contributed by atoms with Gasteiger partial charge in [0.2, 0.25) is 10.0 Å². The molecule has 1 amide bonds. The van der Waals surface area contributed by atoms with Gasteiger partial charge in [-0.15, -0.1) is 11.3 Å². The van der Waals surface area contributed by atoms with Gasteiger partial charge in [0, 0.05) is 13.1 Å². The van der Waals surface area contributed by atoms with E-state index in [0.717, 1.165) is 23.3 Å². The van der Waals surface area contributed by atoms with Crippen LogP contribution in [-0.4, -0.2) is 34.0 Å². The van der Waals surface area contributed by atoms with Crippen molar-refractivity contribution in [2.24, 2.45) is 0 Å². The Morgan fingerprint density at radius 1 is 1.17 bits per heavy atom. The van der Waals surface area contributed by atoms with E-state index in [1.807, 2.05) is 31.2 Å². The Kier molecular flexibility index (Phi) is 6.77. The maximum atomic E-state index is 11.9. The summed E-state index contributed by atoms with van der Waals surface area (Å²) in [5.74, 6) is 0.393. The van der Waals surface area contributed by atoms with E-state index in [4.69, 9.17) is 4.74 Å². The molecule has 2 rings (SSSR count). The van der Waals surface area contributed by atoms with Gasteiger partial charge in [-0.05, 0) is 29.5 Å². The van der Waals surface area contributed by atoms with Gasteiger partial charge < -0.3 is 10.1 Å². The molecule has 2 aromatic rings. The highest BCUT2D eigenvalue weighted by Crippen LogP contribution is 2.18. The van der Waals surface area contributed by atoms with Crippen LogP contribution in [0.15, 0.2) is 46.0 Å². The van der Waals surface area contributed by atoms with Gasteiger partial charge >= 0.3 is 0 Å². The smallest absolute Gasteiger partial charge is 0.257 e. The maximum absolute atomic E-state index is 11.9.